The van der Waals surface area contributed by atoms with Crippen molar-refractivity contribution in [1.29, 1.82) is 0 Å². The molecule has 0 saturated heterocycles. The molecule has 0 radical (unpaired) electrons. The lowest BCUT2D eigenvalue weighted by atomic mass is 10.2. The number of carbonyl (C=O) groups is 2. The number of amides is 1. The van der Waals surface area contributed by atoms with Crippen molar-refractivity contribution in [3.8, 4) is 0 Å². The molecular formula is C11H13ClN2O3. The van der Waals surface area contributed by atoms with Gasteiger partial charge in [0, 0.05) is 25.4 Å². The summed E-state index contributed by atoms with van der Waals surface area (Å²) in [5, 5.41) is 0.261. The summed E-state index contributed by atoms with van der Waals surface area (Å²) in [5.41, 5.74) is 0.442. The maximum absolute atomic E-state index is 11.9. The van der Waals surface area contributed by atoms with Crippen LogP contribution in [0.15, 0.2) is 18.3 Å². The van der Waals surface area contributed by atoms with Crippen LogP contribution in [0.1, 0.15) is 16.8 Å². The molecule has 5 nitrogen and oxygen atoms in total. The molecule has 1 heterocycles. The first-order chi connectivity index (χ1) is 8.04. The summed E-state index contributed by atoms with van der Waals surface area (Å²) in [7, 11) is 2.92. The molecular weight excluding hydrogens is 244 g/mol. The van der Waals surface area contributed by atoms with E-state index in [4.69, 9.17) is 11.6 Å². The molecule has 0 atom stereocenters. The third kappa shape index (κ3) is 4.03. The van der Waals surface area contributed by atoms with Crippen molar-refractivity contribution in [3.05, 3.63) is 29.0 Å². The van der Waals surface area contributed by atoms with Crippen molar-refractivity contribution in [3.63, 3.8) is 0 Å². The maximum Gasteiger partial charge on any atom is 0.307 e. The average Bonchev–Trinajstić information content (AvgIpc) is 2.34. The first kappa shape index (κ1) is 13.4. The van der Waals surface area contributed by atoms with Crippen molar-refractivity contribution in [2.75, 3.05) is 20.7 Å². The van der Waals surface area contributed by atoms with Crippen LogP contribution in [0.2, 0.25) is 5.15 Å². The van der Waals surface area contributed by atoms with Gasteiger partial charge in [0.15, 0.2) is 0 Å². The second-order valence-corrected chi connectivity index (χ2v) is 3.81. The predicted molar refractivity (Wildman–Crippen MR) is 62.8 cm³/mol. The Morgan fingerprint density at radius 2 is 2.24 bits per heavy atom. The van der Waals surface area contributed by atoms with E-state index in [0.717, 1.165) is 0 Å². The third-order valence-corrected chi connectivity index (χ3v) is 2.41. The number of nitrogens with zero attached hydrogens (tertiary/aromatic N) is 2. The highest BCUT2D eigenvalue weighted by atomic mass is 35.5. The van der Waals surface area contributed by atoms with Crippen LogP contribution >= 0.6 is 11.6 Å². The van der Waals surface area contributed by atoms with Crippen molar-refractivity contribution < 1.29 is 14.3 Å². The van der Waals surface area contributed by atoms with E-state index in [1.54, 1.807) is 13.1 Å². The molecule has 0 aliphatic heterocycles. The first-order valence-corrected chi connectivity index (χ1v) is 5.36. The standard InChI is InChI=1S/C11H13ClN2O3/c1-14(6-4-10(15)17-2)11(16)8-3-5-13-9(12)7-8/h3,5,7H,4,6H2,1-2H3. The summed E-state index contributed by atoms with van der Waals surface area (Å²) < 4.78 is 4.50. The minimum absolute atomic E-state index is 0.164. The van der Waals surface area contributed by atoms with Crippen molar-refractivity contribution in [1.82, 2.24) is 9.88 Å². The van der Waals surface area contributed by atoms with Crippen LogP contribution in [-0.2, 0) is 9.53 Å². The Morgan fingerprint density at radius 1 is 1.53 bits per heavy atom. The van der Waals surface area contributed by atoms with E-state index in [1.807, 2.05) is 0 Å². The first-order valence-electron chi connectivity index (χ1n) is 4.98. The van der Waals surface area contributed by atoms with Crippen molar-refractivity contribution >= 4 is 23.5 Å². The number of rotatable bonds is 4. The molecule has 1 aromatic rings. The lowest BCUT2D eigenvalue weighted by Gasteiger charge is -2.16. The molecule has 0 unspecified atom stereocenters. The second-order valence-electron chi connectivity index (χ2n) is 3.42. The molecule has 0 aliphatic rings. The van der Waals surface area contributed by atoms with Gasteiger partial charge in [-0.1, -0.05) is 11.6 Å². The Morgan fingerprint density at radius 3 is 2.82 bits per heavy atom. The molecule has 0 fully saturated rings. The molecule has 0 saturated carbocycles. The fourth-order valence-electron chi connectivity index (χ4n) is 1.22. The topological polar surface area (TPSA) is 59.5 Å². The summed E-state index contributed by atoms with van der Waals surface area (Å²) in [5.74, 6) is -0.560. The SMILES string of the molecule is COC(=O)CCN(C)C(=O)c1ccnc(Cl)c1. The second kappa shape index (κ2) is 6.20. The van der Waals surface area contributed by atoms with Crippen molar-refractivity contribution in [2.24, 2.45) is 0 Å². The lowest BCUT2D eigenvalue weighted by molar-refractivity contribution is -0.140. The number of ether oxygens (including phenoxy) is 1. The summed E-state index contributed by atoms with van der Waals surface area (Å²) in [4.78, 5) is 28.0. The Balaban J connectivity index is 2.61. The molecule has 0 aromatic carbocycles. The number of halogens is 1. The highest BCUT2D eigenvalue weighted by Gasteiger charge is 2.13. The number of carbonyl (C=O) groups excluding carboxylic acids is 2. The lowest BCUT2D eigenvalue weighted by Crippen LogP contribution is -2.29. The minimum Gasteiger partial charge on any atom is -0.469 e. The molecule has 0 aliphatic carbocycles. The molecule has 0 spiro atoms. The Hall–Kier alpha value is -1.62. The fraction of sp³-hybridized carbons (Fsp3) is 0.364. The van der Waals surface area contributed by atoms with Gasteiger partial charge in [0.05, 0.1) is 13.5 Å². The average molecular weight is 257 g/mol. The normalized spacial score (nSPS) is 9.82. The quantitative estimate of drug-likeness (QED) is 0.603. The number of pyridine rings is 1. The van der Waals surface area contributed by atoms with Gasteiger partial charge >= 0.3 is 5.97 Å². The van der Waals surface area contributed by atoms with Crippen LogP contribution in [0.5, 0.6) is 0 Å². The van der Waals surface area contributed by atoms with Gasteiger partial charge in [-0.2, -0.15) is 0 Å². The van der Waals surface area contributed by atoms with Crippen molar-refractivity contribution in [2.45, 2.75) is 6.42 Å². The molecule has 0 bridgehead atoms. The van der Waals surface area contributed by atoms with Crippen LogP contribution in [0.3, 0.4) is 0 Å². The van der Waals surface area contributed by atoms with Gasteiger partial charge in [0.2, 0.25) is 0 Å². The number of aromatic nitrogens is 1. The van der Waals surface area contributed by atoms with Crippen LogP contribution in [0.4, 0.5) is 0 Å². The summed E-state index contributed by atoms with van der Waals surface area (Å²) in [6, 6.07) is 3.06. The Bertz CT molecular complexity index is 423. The zero-order chi connectivity index (χ0) is 12.8. The van der Waals surface area contributed by atoms with Gasteiger partial charge in [0.25, 0.3) is 5.91 Å². The molecule has 1 aromatic heterocycles. The molecule has 1 amide bonds. The smallest absolute Gasteiger partial charge is 0.307 e. The zero-order valence-corrected chi connectivity index (χ0v) is 10.4. The van der Waals surface area contributed by atoms with Gasteiger partial charge in [0.1, 0.15) is 5.15 Å². The van der Waals surface area contributed by atoms with E-state index in [1.165, 1.54) is 24.3 Å². The van der Waals surface area contributed by atoms with Crippen LogP contribution in [0.25, 0.3) is 0 Å². The number of methoxy groups -OCH3 is 1. The van der Waals surface area contributed by atoms with Crippen LogP contribution < -0.4 is 0 Å². The number of hydrogen-bond acceptors (Lipinski definition) is 4. The van der Waals surface area contributed by atoms with E-state index < -0.39 is 0 Å². The molecule has 6 heteroatoms. The summed E-state index contributed by atoms with van der Waals surface area (Å²) in [6.07, 6.45) is 1.63. The Kier molecular flexibility index (Phi) is 4.90. The molecule has 17 heavy (non-hydrogen) atoms. The van der Waals surface area contributed by atoms with Gasteiger partial charge in [-0.15, -0.1) is 0 Å². The Labute approximate surface area is 104 Å². The van der Waals surface area contributed by atoms with Gasteiger partial charge in [-0.25, -0.2) is 4.98 Å². The minimum atomic E-state index is -0.350. The zero-order valence-electron chi connectivity index (χ0n) is 9.64. The van der Waals surface area contributed by atoms with Gasteiger partial charge in [-0.3, -0.25) is 9.59 Å². The molecule has 1 rings (SSSR count). The largest absolute Gasteiger partial charge is 0.469 e. The maximum atomic E-state index is 11.9. The van der Waals surface area contributed by atoms with Gasteiger partial charge in [-0.05, 0) is 12.1 Å². The van der Waals surface area contributed by atoms with E-state index >= 15 is 0 Å². The highest BCUT2D eigenvalue weighted by Crippen LogP contribution is 2.09. The molecule has 0 N–H and O–H groups in total. The number of hydrogen-bond donors (Lipinski definition) is 0. The highest BCUT2D eigenvalue weighted by molar-refractivity contribution is 6.29. The van der Waals surface area contributed by atoms with E-state index in [-0.39, 0.29) is 23.5 Å². The van der Waals surface area contributed by atoms with E-state index in [9.17, 15) is 9.59 Å². The van der Waals surface area contributed by atoms with Crippen LogP contribution in [0, 0.1) is 0 Å². The van der Waals surface area contributed by atoms with Crippen LogP contribution in [-0.4, -0.2) is 42.5 Å². The van der Waals surface area contributed by atoms with E-state index in [2.05, 4.69) is 9.72 Å². The summed E-state index contributed by atoms with van der Waals surface area (Å²) >= 11 is 5.69. The summed E-state index contributed by atoms with van der Waals surface area (Å²) in [6.45, 7) is 0.297. The number of esters is 1. The monoisotopic (exact) mass is 256 g/mol. The van der Waals surface area contributed by atoms with Gasteiger partial charge < -0.3 is 9.64 Å². The third-order valence-electron chi connectivity index (χ3n) is 2.20. The fourth-order valence-corrected chi connectivity index (χ4v) is 1.39. The van der Waals surface area contributed by atoms with E-state index in [0.29, 0.717) is 12.1 Å². The molecule has 92 valence electrons. The predicted octanol–water partition coefficient (Wildman–Crippen LogP) is 1.37.